The van der Waals surface area contributed by atoms with Gasteiger partial charge < -0.3 is 21.1 Å². The summed E-state index contributed by atoms with van der Waals surface area (Å²) < 4.78 is 5.24. The van der Waals surface area contributed by atoms with Crippen molar-refractivity contribution < 1.29 is 9.53 Å². The Labute approximate surface area is 119 Å². The zero-order valence-corrected chi connectivity index (χ0v) is 12.3. The number of hydrogen-bond acceptors (Lipinski definition) is 6. The number of hydrogen-bond donors (Lipinski definition) is 3. The van der Waals surface area contributed by atoms with Gasteiger partial charge in [0.15, 0.2) is 5.82 Å². The molecule has 1 rings (SSSR count). The first-order valence-electron chi connectivity index (χ1n) is 6.75. The van der Waals surface area contributed by atoms with Crippen LogP contribution >= 0.6 is 0 Å². The summed E-state index contributed by atoms with van der Waals surface area (Å²) in [6.45, 7) is 7.16. The zero-order chi connectivity index (χ0) is 15.0. The van der Waals surface area contributed by atoms with E-state index >= 15 is 0 Å². The van der Waals surface area contributed by atoms with Gasteiger partial charge in [-0.2, -0.15) is 0 Å². The van der Waals surface area contributed by atoms with E-state index in [-0.39, 0.29) is 11.9 Å². The lowest BCUT2D eigenvalue weighted by Crippen LogP contribution is -2.31. The quantitative estimate of drug-likeness (QED) is 0.655. The largest absolute Gasteiger partial charge is 0.384 e. The number of nitrogens with one attached hydrogen (secondary N) is 2. The topological polar surface area (TPSA) is 102 Å². The summed E-state index contributed by atoms with van der Waals surface area (Å²) in [5.74, 6) is 1.51. The van der Waals surface area contributed by atoms with Gasteiger partial charge in [-0.1, -0.05) is 0 Å². The van der Waals surface area contributed by atoms with E-state index in [4.69, 9.17) is 10.5 Å². The van der Waals surface area contributed by atoms with E-state index in [9.17, 15) is 4.79 Å². The summed E-state index contributed by atoms with van der Waals surface area (Å²) in [4.78, 5) is 19.8. The van der Waals surface area contributed by atoms with Crippen LogP contribution in [0.5, 0.6) is 0 Å². The Balaban J connectivity index is 2.46. The maximum atomic E-state index is 11.5. The summed E-state index contributed by atoms with van der Waals surface area (Å²) in [5, 5.41) is 5.88. The van der Waals surface area contributed by atoms with E-state index in [0.29, 0.717) is 43.6 Å². The van der Waals surface area contributed by atoms with Crippen LogP contribution in [0.25, 0.3) is 0 Å². The van der Waals surface area contributed by atoms with Crippen LogP contribution in [0.3, 0.4) is 0 Å². The molecule has 0 atom stereocenters. The van der Waals surface area contributed by atoms with Crippen LogP contribution in [0, 0.1) is 0 Å². The summed E-state index contributed by atoms with van der Waals surface area (Å²) in [6, 6.07) is 1.78. The number of carbonyl (C=O) groups excluding carboxylic acids is 1. The van der Waals surface area contributed by atoms with Crippen LogP contribution < -0.4 is 16.4 Å². The van der Waals surface area contributed by atoms with Crippen molar-refractivity contribution in [1.29, 1.82) is 0 Å². The molecule has 20 heavy (non-hydrogen) atoms. The molecular formula is C13H23N5O2. The molecule has 0 unspecified atom stereocenters. The molecule has 1 heterocycles. The third-order valence-corrected chi connectivity index (χ3v) is 2.34. The third-order valence-electron chi connectivity index (χ3n) is 2.34. The van der Waals surface area contributed by atoms with Gasteiger partial charge in [-0.3, -0.25) is 4.79 Å². The van der Waals surface area contributed by atoms with Crippen LogP contribution in [-0.2, 0) is 16.1 Å². The third kappa shape index (κ3) is 6.33. The van der Waals surface area contributed by atoms with Crippen LogP contribution in [0.15, 0.2) is 6.07 Å². The van der Waals surface area contributed by atoms with Gasteiger partial charge in [0.25, 0.3) is 0 Å². The predicted molar refractivity (Wildman–Crippen MR) is 78.2 cm³/mol. The second-order valence-electron chi connectivity index (χ2n) is 4.63. The van der Waals surface area contributed by atoms with Crippen LogP contribution in [-0.4, -0.2) is 35.1 Å². The summed E-state index contributed by atoms with van der Waals surface area (Å²) >= 11 is 0. The SMILES string of the molecule is CCOCc1nc(N)cc(NCCC(=O)NC(C)C)n1. The second-order valence-corrected chi connectivity index (χ2v) is 4.63. The van der Waals surface area contributed by atoms with Crippen LogP contribution in [0.4, 0.5) is 11.6 Å². The molecule has 4 N–H and O–H groups in total. The first-order chi connectivity index (χ1) is 9.51. The van der Waals surface area contributed by atoms with Crippen molar-refractivity contribution in [3.05, 3.63) is 11.9 Å². The number of nitrogen functional groups attached to an aromatic ring is 1. The van der Waals surface area contributed by atoms with Gasteiger partial charge in [0.1, 0.15) is 18.2 Å². The first kappa shape index (κ1) is 16.2. The van der Waals surface area contributed by atoms with Gasteiger partial charge in [0.2, 0.25) is 5.91 Å². The fourth-order valence-electron chi connectivity index (χ4n) is 1.56. The lowest BCUT2D eigenvalue weighted by molar-refractivity contribution is -0.121. The normalized spacial score (nSPS) is 10.6. The van der Waals surface area contributed by atoms with Gasteiger partial charge in [-0.15, -0.1) is 0 Å². The van der Waals surface area contributed by atoms with E-state index in [1.807, 2.05) is 20.8 Å². The maximum Gasteiger partial charge on any atom is 0.221 e. The second kappa shape index (κ2) is 8.31. The number of nitrogens with two attached hydrogens (primary N) is 1. The smallest absolute Gasteiger partial charge is 0.221 e. The Kier molecular flexibility index (Phi) is 6.72. The molecule has 1 aromatic heterocycles. The number of carbonyl (C=O) groups is 1. The average Bonchev–Trinajstić information content (AvgIpc) is 2.35. The molecule has 0 aliphatic heterocycles. The Morgan fingerprint density at radius 1 is 1.45 bits per heavy atom. The first-order valence-corrected chi connectivity index (χ1v) is 6.75. The Bertz CT molecular complexity index is 437. The lowest BCUT2D eigenvalue weighted by atomic mass is 10.3. The van der Waals surface area contributed by atoms with Crippen molar-refractivity contribution in [2.24, 2.45) is 0 Å². The van der Waals surface area contributed by atoms with Crippen molar-refractivity contribution in [2.45, 2.75) is 39.8 Å². The maximum absolute atomic E-state index is 11.5. The number of rotatable bonds is 8. The predicted octanol–water partition coefficient (Wildman–Crippen LogP) is 0.922. The standard InChI is InChI=1S/C13H23N5O2/c1-4-20-8-12-17-10(14)7-11(18-12)15-6-5-13(19)16-9(2)3/h7,9H,4-6,8H2,1-3H3,(H,16,19)(H3,14,15,17,18). The minimum absolute atomic E-state index is 0.00377. The van der Waals surface area contributed by atoms with Crippen LogP contribution in [0.1, 0.15) is 33.0 Å². The lowest BCUT2D eigenvalue weighted by Gasteiger charge is -2.10. The molecule has 0 spiro atoms. The number of nitrogens with zero attached hydrogens (tertiary/aromatic N) is 2. The Hall–Kier alpha value is -1.89. The number of aromatic nitrogens is 2. The fraction of sp³-hybridized carbons (Fsp3) is 0.615. The van der Waals surface area contributed by atoms with Crippen molar-refractivity contribution in [3.8, 4) is 0 Å². The van der Waals surface area contributed by atoms with E-state index in [2.05, 4.69) is 20.6 Å². The number of anilines is 2. The minimum atomic E-state index is 0.00377. The molecule has 0 radical (unpaired) electrons. The molecule has 0 aliphatic carbocycles. The van der Waals surface area contributed by atoms with Gasteiger partial charge in [0.05, 0.1) is 0 Å². The summed E-state index contributed by atoms with van der Waals surface area (Å²) in [6.07, 6.45) is 0.378. The highest BCUT2D eigenvalue weighted by Crippen LogP contribution is 2.09. The molecule has 7 heteroatoms. The molecule has 0 aromatic carbocycles. The highest BCUT2D eigenvalue weighted by molar-refractivity contribution is 5.76. The minimum Gasteiger partial charge on any atom is -0.384 e. The van der Waals surface area contributed by atoms with Gasteiger partial charge in [-0.05, 0) is 20.8 Å². The van der Waals surface area contributed by atoms with Gasteiger partial charge >= 0.3 is 0 Å². The molecule has 0 fully saturated rings. The van der Waals surface area contributed by atoms with Gasteiger partial charge in [0, 0.05) is 31.7 Å². The fourth-order valence-corrected chi connectivity index (χ4v) is 1.56. The molecule has 0 aliphatic rings. The van der Waals surface area contributed by atoms with Crippen molar-refractivity contribution in [2.75, 3.05) is 24.2 Å². The average molecular weight is 281 g/mol. The molecular weight excluding hydrogens is 258 g/mol. The van der Waals surface area contributed by atoms with E-state index in [1.54, 1.807) is 6.07 Å². The number of amides is 1. The summed E-state index contributed by atoms with van der Waals surface area (Å²) in [5.41, 5.74) is 5.70. The van der Waals surface area contributed by atoms with E-state index in [1.165, 1.54) is 0 Å². The molecule has 112 valence electrons. The van der Waals surface area contributed by atoms with Crippen molar-refractivity contribution >= 4 is 17.5 Å². The van der Waals surface area contributed by atoms with Crippen LogP contribution in [0.2, 0.25) is 0 Å². The van der Waals surface area contributed by atoms with Crippen molar-refractivity contribution in [3.63, 3.8) is 0 Å². The molecule has 1 amide bonds. The monoisotopic (exact) mass is 281 g/mol. The highest BCUT2D eigenvalue weighted by atomic mass is 16.5. The number of ether oxygens (including phenoxy) is 1. The molecule has 0 saturated heterocycles. The van der Waals surface area contributed by atoms with Gasteiger partial charge in [-0.25, -0.2) is 9.97 Å². The Morgan fingerprint density at radius 2 is 2.20 bits per heavy atom. The van der Waals surface area contributed by atoms with E-state index < -0.39 is 0 Å². The Morgan fingerprint density at radius 3 is 2.85 bits per heavy atom. The highest BCUT2D eigenvalue weighted by Gasteiger charge is 2.05. The summed E-state index contributed by atoms with van der Waals surface area (Å²) in [7, 11) is 0. The van der Waals surface area contributed by atoms with E-state index in [0.717, 1.165) is 0 Å². The molecule has 0 bridgehead atoms. The molecule has 0 saturated carbocycles. The zero-order valence-electron chi connectivity index (χ0n) is 12.3. The molecule has 1 aromatic rings. The molecule has 7 nitrogen and oxygen atoms in total. The van der Waals surface area contributed by atoms with Crippen molar-refractivity contribution in [1.82, 2.24) is 15.3 Å².